The van der Waals surface area contributed by atoms with Crippen LogP contribution in [0.4, 0.5) is 11.4 Å². The van der Waals surface area contributed by atoms with Gasteiger partial charge in [0.1, 0.15) is 6.04 Å². The van der Waals surface area contributed by atoms with Crippen LogP contribution in [0.2, 0.25) is 0 Å². The van der Waals surface area contributed by atoms with E-state index >= 15 is 0 Å². The Bertz CT molecular complexity index is 1450. The van der Waals surface area contributed by atoms with Crippen LogP contribution in [0, 0.1) is 11.8 Å². The Labute approximate surface area is 238 Å². The summed E-state index contributed by atoms with van der Waals surface area (Å²) in [6, 6.07) is 22.5. The van der Waals surface area contributed by atoms with E-state index < -0.39 is 27.4 Å². The molecule has 2 bridgehead atoms. The van der Waals surface area contributed by atoms with Crippen molar-refractivity contribution >= 4 is 51.6 Å². The number of nitrogens with one attached hydrogen (secondary N) is 2. The van der Waals surface area contributed by atoms with E-state index in [1.807, 2.05) is 72.8 Å². The molecule has 40 heavy (non-hydrogen) atoms. The second-order valence-electron chi connectivity index (χ2n) is 11.4. The molecule has 3 fully saturated rings. The largest absolute Gasteiger partial charge is 0.396 e. The van der Waals surface area contributed by atoms with E-state index in [1.54, 1.807) is 16.7 Å². The summed E-state index contributed by atoms with van der Waals surface area (Å²) in [6.07, 6.45) is 3.59. The van der Waals surface area contributed by atoms with E-state index in [9.17, 15) is 19.5 Å². The first-order valence-electron chi connectivity index (χ1n) is 14.1. The molecule has 3 aliphatic heterocycles. The highest BCUT2D eigenvalue weighted by Gasteiger charge is 2.77. The third kappa shape index (κ3) is 4.47. The minimum absolute atomic E-state index is 0.0995. The number of hydrogen-bond acceptors (Lipinski definition) is 5. The fraction of sp³-hybridized carbons (Fsp3) is 0.406. The van der Waals surface area contributed by atoms with Gasteiger partial charge >= 0.3 is 0 Å². The van der Waals surface area contributed by atoms with E-state index in [2.05, 4.69) is 17.6 Å². The molecule has 3 aromatic carbocycles. The van der Waals surface area contributed by atoms with Gasteiger partial charge in [-0.25, -0.2) is 0 Å². The van der Waals surface area contributed by atoms with Crippen LogP contribution >= 0.6 is 11.8 Å². The van der Waals surface area contributed by atoms with Gasteiger partial charge in [0.05, 0.1) is 16.6 Å². The minimum Gasteiger partial charge on any atom is -0.396 e. The maximum Gasteiger partial charge on any atom is 0.248 e. The van der Waals surface area contributed by atoms with E-state index in [0.717, 1.165) is 23.6 Å². The summed E-state index contributed by atoms with van der Waals surface area (Å²) >= 11 is 1.68. The van der Waals surface area contributed by atoms with Crippen LogP contribution in [-0.4, -0.2) is 56.4 Å². The smallest absolute Gasteiger partial charge is 0.248 e. The molecule has 208 valence electrons. The summed E-state index contributed by atoms with van der Waals surface area (Å²) in [5, 5.41) is 17.6. The monoisotopic (exact) mass is 557 g/mol. The average Bonchev–Trinajstić information content (AvgIpc) is 3.52. The first-order chi connectivity index (χ1) is 19.4. The number of hydrogen-bond donors (Lipinski definition) is 3. The number of amides is 3. The topological polar surface area (TPSA) is 98.7 Å². The van der Waals surface area contributed by atoms with Gasteiger partial charge in [-0.1, -0.05) is 48.5 Å². The van der Waals surface area contributed by atoms with E-state index in [4.69, 9.17) is 0 Å². The molecule has 3 heterocycles. The van der Waals surface area contributed by atoms with Gasteiger partial charge in [-0.2, -0.15) is 0 Å². The Kier molecular flexibility index (Phi) is 7.09. The number of benzene rings is 3. The van der Waals surface area contributed by atoms with Gasteiger partial charge in [-0.05, 0) is 74.1 Å². The van der Waals surface area contributed by atoms with Crippen molar-refractivity contribution in [2.75, 3.05) is 23.8 Å². The lowest BCUT2D eigenvalue weighted by molar-refractivity contribution is -0.139. The van der Waals surface area contributed by atoms with Crippen molar-refractivity contribution in [1.82, 2.24) is 4.90 Å². The van der Waals surface area contributed by atoms with Crippen molar-refractivity contribution in [3.05, 3.63) is 72.8 Å². The number of para-hydroxylation sites is 1. The molecule has 3 aromatic rings. The van der Waals surface area contributed by atoms with Crippen LogP contribution < -0.4 is 10.6 Å². The van der Waals surface area contributed by atoms with Crippen LogP contribution in [-0.2, 0) is 14.4 Å². The molecule has 2 unspecified atom stereocenters. The third-order valence-electron chi connectivity index (χ3n) is 8.92. The molecule has 3 aliphatic rings. The molecule has 1 spiro atoms. The van der Waals surface area contributed by atoms with Gasteiger partial charge in [0.25, 0.3) is 0 Å². The number of anilines is 2. The number of aliphatic hydroxyl groups excluding tert-OH is 1. The van der Waals surface area contributed by atoms with Gasteiger partial charge in [0.15, 0.2) is 0 Å². The Morgan fingerprint density at radius 2 is 1.62 bits per heavy atom. The van der Waals surface area contributed by atoms with Gasteiger partial charge in [-0.15, -0.1) is 11.8 Å². The molecule has 3 amide bonds. The highest BCUT2D eigenvalue weighted by molar-refractivity contribution is 8.02. The summed E-state index contributed by atoms with van der Waals surface area (Å²) in [5.74, 6) is -1.56. The van der Waals surface area contributed by atoms with Crippen molar-refractivity contribution in [3.63, 3.8) is 0 Å². The number of carbonyl (C=O) groups is 3. The van der Waals surface area contributed by atoms with E-state index in [0.29, 0.717) is 37.2 Å². The molecule has 7 nitrogen and oxygen atoms in total. The van der Waals surface area contributed by atoms with Crippen LogP contribution in [0.25, 0.3) is 10.8 Å². The molecule has 8 heteroatoms. The first-order valence-corrected chi connectivity index (χ1v) is 14.9. The summed E-state index contributed by atoms with van der Waals surface area (Å²) < 4.78 is -1.09. The molecule has 3 N–H and O–H groups in total. The Morgan fingerprint density at radius 3 is 2.40 bits per heavy atom. The molecule has 5 atom stereocenters. The lowest BCUT2D eigenvalue weighted by Gasteiger charge is -2.34. The number of unbranched alkanes of at least 4 members (excludes halogenated alkanes) is 2. The third-order valence-corrected chi connectivity index (χ3v) is 10.9. The minimum atomic E-state index is -0.674. The predicted octanol–water partition coefficient (Wildman–Crippen LogP) is 5.06. The number of likely N-dealkylation sites (tertiary alicyclic amines) is 1. The fourth-order valence-corrected chi connectivity index (χ4v) is 9.51. The van der Waals surface area contributed by atoms with Crippen molar-refractivity contribution in [2.24, 2.45) is 11.8 Å². The molecule has 6 rings (SSSR count). The standard InChI is InChI=1S/C32H35N3O4S/c1-31-16-17-32(40-31)26(25(31)28(37)33-23-12-4-2-5-13-23)30(39)35(18-8-3-9-19-36)27(32)29(38)34-24-15-14-21-10-6-7-11-22(21)20-24/h2,4-7,10-15,20,25-27,36H,3,8-9,16-19H2,1H3,(H,33,37)(H,34,38)/t25-,26-,27?,31+,32?/m0/s1. The second-order valence-corrected chi connectivity index (χ2v) is 13.3. The highest BCUT2D eigenvalue weighted by atomic mass is 32.2. The molecule has 0 saturated carbocycles. The molecule has 0 radical (unpaired) electrons. The van der Waals surface area contributed by atoms with Gasteiger partial charge in [0.2, 0.25) is 17.7 Å². The number of nitrogens with zero attached hydrogens (tertiary/aromatic N) is 1. The quantitative estimate of drug-likeness (QED) is 0.320. The SMILES string of the molecule is C[C@]12CCC3(S1)C(C(=O)Nc1ccc4ccccc4c1)N(CCCCCO)C(=O)[C@@H]3[C@H]2C(=O)Nc1ccccc1. The highest BCUT2D eigenvalue weighted by Crippen LogP contribution is 2.71. The van der Waals surface area contributed by atoms with Gasteiger partial charge in [0, 0.05) is 29.3 Å². The molecule has 3 saturated heterocycles. The zero-order valence-corrected chi connectivity index (χ0v) is 23.5. The van der Waals surface area contributed by atoms with E-state index in [-0.39, 0.29) is 24.3 Å². The average molecular weight is 558 g/mol. The molecule has 0 aromatic heterocycles. The lowest BCUT2D eigenvalue weighted by atomic mass is 9.66. The van der Waals surface area contributed by atoms with Crippen molar-refractivity contribution in [1.29, 1.82) is 0 Å². The number of thioether (sulfide) groups is 1. The summed E-state index contributed by atoms with van der Waals surface area (Å²) in [7, 11) is 0. The maximum atomic E-state index is 14.2. The van der Waals surface area contributed by atoms with Crippen LogP contribution in [0.15, 0.2) is 72.8 Å². The van der Waals surface area contributed by atoms with Crippen LogP contribution in [0.3, 0.4) is 0 Å². The Balaban J connectivity index is 1.32. The first kappa shape index (κ1) is 26.8. The summed E-state index contributed by atoms with van der Waals surface area (Å²) in [4.78, 5) is 43.8. The number of fused-ring (bicyclic) bond motifs is 2. The molecular formula is C32H35N3O4S. The van der Waals surface area contributed by atoms with Crippen molar-refractivity contribution in [3.8, 4) is 0 Å². The van der Waals surface area contributed by atoms with Gasteiger partial charge < -0.3 is 20.6 Å². The van der Waals surface area contributed by atoms with Gasteiger partial charge in [-0.3, -0.25) is 14.4 Å². The van der Waals surface area contributed by atoms with E-state index in [1.165, 1.54) is 0 Å². The Morgan fingerprint density at radius 1 is 0.900 bits per heavy atom. The zero-order chi connectivity index (χ0) is 27.9. The summed E-state index contributed by atoms with van der Waals surface area (Å²) in [6.45, 7) is 2.61. The lowest BCUT2D eigenvalue weighted by Crippen LogP contribution is -2.51. The predicted molar refractivity (Wildman–Crippen MR) is 159 cm³/mol. The normalized spacial score (nSPS) is 28.6. The van der Waals surface area contributed by atoms with Crippen LogP contribution in [0.5, 0.6) is 0 Å². The molecular weight excluding hydrogens is 522 g/mol. The zero-order valence-electron chi connectivity index (χ0n) is 22.6. The fourth-order valence-electron chi connectivity index (χ4n) is 7.16. The van der Waals surface area contributed by atoms with Crippen molar-refractivity contribution in [2.45, 2.75) is 54.6 Å². The maximum absolute atomic E-state index is 14.2. The second kappa shape index (κ2) is 10.6. The summed E-state index contributed by atoms with van der Waals surface area (Å²) in [5.41, 5.74) is 1.40. The number of aliphatic hydroxyl groups is 1. The molecule has 0 aliphatic carbocycles. The Hall–Kier alpha value is -3.36. The number of carbonyl (C=O) groups excluding carboxylic acids is 3. The number of rotatable bonds is 9. The van der Waals surface area contributed by atoms with Crippen LogP contribution in [0.1, 0.15) is 39.0 Å². The van der Waals surface area contributed by atoms with Crippen molar-refractivity contribution < 1.29 is 19.5 Å².